The number of aryl methyl sites for hydroxylation is 1. The molecule has 0 bridgehead atoms. The van der Waals surface area contributed by atoms with Gasteiger partial charge in [0.05, 0.1) is 0 Å². The molecule has 1 aromatic heterocycles. The molecule has 2 nitrogen and oxygen atoms in total. The minimum absolute atomic E-state index is 0.423. The number of hydrogen-bond donors (Lipinski definition) is 1. The lowest BCUT2D eigenvalue weighted by Gasteiger charge is -2.15. The fourth-order valence-corrected chi connectivity index (χ4v) is 2.33. The minimum Gasteiger partial charge on any atom is -0.313 e. The third kappa shape index (κ3) is 2.59. The predicted octanol–water partition coefficient (Wildman–Crippen LogP) is 3.73. The zero-order valence-electron chi connectivity index (χ0n) is 11.3. The summed E-state index contributed by atoms with van der Waals surface area (Å²) in [6.45, 7) is 4.30. The summed E-state index contributed by atoms with van der Waals surface area (Å²) in [7, 11) is 2.01. The van der Waals surface area contributed by atoms with Crippen LogP contribution in [0.3, 0.4) is 0 Å². The summed E-state index contributed by atoms with van der Waals surface area (Å²) < 4.78 is 0. The lowest BCUT2D eigenvalue weighted by atomic mass is 9.97. The molecule has 1 N–H and O–H groups in total. The second-order valence-corrected chi connectivity index (χ2v) is 4.57. The van der Waals surface area contributed by atoms with Gasteiger partial charge in [-0.2, -0.15) is 0 Å². The average Bonchev–Trinajstić information content (AvgIpc) is 2.41. The van der Waals surface area contributed by atoms with Gasteiger partial charge in [-0.3, -0.25) is 4.98 Å². The molecule has 0 aliphatic heterocycles. The van der Waals surface area contributed by atoms with Crippen LogP contribution in [0, 0.1) is 6.92 Å². The molecule has 1 heterocycles. The maximum Gasteiger partial charge on any atom is 0.0315 e. The van der Waals surface area contributed by atoms with Crippen LogP contribution in [0.2, 0.25) is 0 Å². The highest BCUT2D eigenvalue weighted by atomic mass is 14.9. The molecule has 0 saturated heterocycles. The Labute approximate surface area is 109 Å². The number of pyridine rings is 1. The molecule has 1 unspecified atom stereocenters. The van der Waals surface area contributed by atoms with Crippen molar-refractivity contribution in [2.75, 3.05) is 7.05 Å². The topological polar surface area (TPSA) is 24.9 Å². The number of aromatic nitrogens is 1. The van der Waals surface area contributed by atoms with E-state index in [1.165, 1.54) is 22.3 Å². The lowest BCUT2D eigenvalue weighted by molar-refractivity contribution is 0.577. The molecule has 2 rings (SSSR count). The van der Waals surface area contributed by atoms with Gasteiger partial charge in [0.15, 0.2) is 0 Å². The van der Waals surface area contributed by atoms with Crippen LogP contribution in [0.1, 0.15) is 30.5 Å². The number of nitrogens with one attached hydrogen (secondary N) is 1. The quantitative estimate of drug-likeness (QED) is 0.881. The van der Waals surface area contributed by atoms with Gasteiger partial charge in [0, 0.05) is 18.4 Å². The van der Waals surface area contributed by atoms with Crippen molar-refractivity contribution in [3.8, 4) is 11.1 Å². The molecule has 2 heteroatoms. The Morgan fingerprint density at radius 3 is 2.78 bits per heavy atom. The van der Waals surface area contributed by atoms with Crippen LogP contribution in [0.5, 0.6) is 0 Å². The summed E-state index contributed by atoms with van der Waals surface area (Å²) in [5, 5.41) is 3.35. The summed E-state index contributed by atoms with van der Waals surface area (Å²) in [5.41, 5.74) is 5.08. The van der Waals surface area contributed by atoms with Gasteiger partial charge in [0.1, 0.15) is 0 Å². The van der Waals surface area contributed by atoms with E-state index in [0.717, 1.165) is 6.42 Å². The van der Waals surface area contributed by atoms with Gasteiger partial charge in [-0.15, -0.1) is 0 Å². The molecule has 0 amide bonds. The molecule has 2 aromatic rings. The van der Waals surface area contributed by atoms with Crippen molar-refractivity contribution in [2.24, 2.45) is 0 Å². The smallest absolute Gasteiger partial charge is 0.0315 e. The average molecular weight is 240 g/mol. The molecule has 0 aliphatic carbocycles. The second-order valence-electron chi connectivity index (χ2n) is 4.57. The number of hydrogen-bond acceptors (Lipinski definition) is 2. The Bertz CT molecular complexity index is 516. The summed E-state index contributed by atoms with van der Waals surface area (Å²) in [6.07, 6.45) is 4.86. The molecule has 18 heavy (non-hydrogen) atoms. The predicted molar refractivity (Wildman–Crippen MR) is 76.5 cm³/mol. The number of rotatable bonds is 4. The third-order valence-corrected chi connectivity index (χ3v) is 3.38. The molecule has 0 aliphatic rings. The van der Waals surface area contributed by atoms with Gasteiger partial charge in [0.25, 0.3) is 0 Å². The van der Waals surface area contributed by atoms with E-state index in [-0.39, 0.29) is 0 Å². The van der Waals surface area contributed by atoms with E-state index in [1.807, 2.05) is 19.4 Å². The van der Waals surface area contributed by atoms with Crippen LogP contribution in [0.15, 0.2) is 42.7 Å². The van der Waals surface area contributed by atoms with Gasteiger partial charge in [-0.1, -0.05) is 25.1 Å². The minimum atomic E-state index is 0.423. The molecular formula is C16H20N2. The summed E-state index contributed by atoms with van der Waals surface area (Å²) in [4.78, 5) is 4.15. The summed E-state index contributed by atoms with van der Waals surface area (Å²) in [6, 6.07) is 11.2. The highest BCUT2D eigenvalue weighted by Gasteiger charge is 2.08. The van der Waals surface area contributed by atoms with Crippen molar-refractivity contribution >= 4 is 0 Å². The fourth-order valence-electron chi connectivity index (χ4n) is 2.33. The molecule has 1 atom stereocenters. The van der Waals surface area contributed by atoms with Crippen molar-refractivity contribution in [1.82, 2.24) is 10.3 Å². The van der Waals surface area contributed by atoms with Crippen molar-refractivity contribution in [2.45, 2.75) is 26.3 Å². The van der Waals surface area contributed by atoms with Crippen LogP contribution in [-0.4, -0.2) is 12.0 Å². The fraction of sp³-hybridized carbons (Fsp3) is 0.312. The summed E-state index contributed by atoms with van der Waals surface area (Å²) >= 11 is 0. The van der Waals surface area contributed by atoms with Gasteiger partial charge in [0.2, 0.25) is 0 Å². The standard InChI is InChI=1S/C16H20N2/c1-4-16(17-3)14-7-5-6-13(10-14)15-8-9-18-11-12(15)2/h5-11,16-17H,4H2,1-3H3. The maximum absolute atomic E-state index is 4.15. The van der Waals surface area contributed by atoms with Crippen molar-refractivity contribution in [1.29, 1.82) is 0 Å². The molecule has 0 spiro atoms. The van der Waals surface area contributed by atoms with Crippen LogP contribution in [0.4, 0.5) is 0 Å². The Morgan fingerprint density at radius 1 is 1.28 bits per heavy atom. The van der Waals surface area contributed by atoms with Crippen LogP contribution < -0.4 is 5.32 Å². The third-order valence-electron chi connectivity index (χ3n) is 3.38. The molecule has 94 valence electrons. The lowest BCUT2D eigenvalue weighted by Crippen LogP contribution is -2.15. The van der Waals surface area contributed by atoms with Gasteiger partial charge < -0.3 is 5.32 Å². The first-order valence-electron chi connectivity index (χ1n) is 6.44. The maximum atomic E-state index is 4.15. The van der Waals surface area contributed by atoms with E-state index in [1.54, 1.807) is 0 Å². The van der Waals surface area contributed by atoms with Crippen molar-refractivity contribution < 1.29 is 0 Å². The monoisotopic (exact) mass is 240 g/mol. The van der Waals surface area contributed by atoms with Gasteiger partial charge >= 0.3 is 0 Å². The van der Waals surface area contributed by atoms with E-state index in [4.69, 9.17) is 0 Å². The van der Waals surface area contributed by atoms with Crippen LogP contribution in [0.25, 0.3) is 11.1 Å². The Balaban J connectivity index is 2.42. The van der Waals surface area contributed by atoms with Crippen molar-refractivity contribution in [3.63, 3.8) is 0 Å². The van der Waals surface area contributed by atoms with Crippen LogP contribution in [-0.2, 0) is 0 Å². The largest absolute Gasteiger partial charge is 0.313 e. The molecule has 1 aromatic carbocycles. The Hall–Kier alpha value is -1.67. The van der Waals surface area contributed by atoms with Crippen molar-refractivity contribution in [3.05, 3.63) is 53.9 Å². The van der Waals surface area contributed by atoms with Crippen LogP contribution >= 0.6 is 0 Å². The highest BCUT2D eigenvalue weighted by Crippen LogP contribution is 2.26. The molecule has 0 radical (unpaired) electrons. The molecular weight excluding hydrogens is 220 g/mol. The van der Waals surface area contributed by atoms with Gasteiger partial charge in [-0.25, -0.2) is 0 Å². The number of nitrogens with zero attached hydrogens (tertiary/aromatic N) is 1. The zero-order chi connectivity index (χ0) is 13.0. The first kappa shape index (κ1) is 12.8. The Morgan fingerprint density at radius 2 is 2.11 bits per heavy atom. The SMILES string of the molecule is CCC(NC)c1cccc(-c2ccncc2C)c1. The first-order valence-corrected chi connectivity index (χ1v) is 6.44. The van der Waals surface area contributed by atoms with Gasteiger partial charge in [-0.05, 0) is 54.8 Å². The molecule has 0 saturated carbocycles. The zero-order valence-corrected chi connectivity index (χ0v) is 11.3. The first-order chi connectivity index (χ1) is 8.76. The second kappa shape index (κ2) is 5.78. The Kier molecular flexibility index (Phi) is 4.11. The highest BCUT2D eigenvalue weighted by molar-refractivity contribution is 5.67. The van der Waals surface area contributed by atoms with E-state index >= 15 is 0 Å². The van der Waals surface area contributed by atoms with E-state index in [9.17, 15) is 0 Å². The van der Waals surface area contributed by atoms with E-state index in [2.05, 4.69) is 54.5 Å². The van der Waals surface area contributed by atoms with E-state index in [0.29, 0.717) is 6.04 Å². The summed E-state index contributed by atoms with van der Waals surface area (Å²) in [5.74, 6) is 0. The van der Waals surface area contributed by atoms with E-state index < -0.39 is 0 Å². The number of benzene rings is 1. The molecule has 0 fully saturated rings. The normalized spacial score (nSPS) is 12.4.